The van der Waals surface area contributed by atoms with Crippen LogP contribution in [0.1, 0.15) is 15.9 Å². The van der Waals surface area contributed by atoms with Crippen LogP contribution >= 0.6 is 0 Å². The largest absolute Gasteiger partial charge is 0.322 e. The number of amides is 1. The number of nitrogens with zero attached hydrogens (tertiary/aromatic N) is 1. The molecule has 8 heteroatoms. The van der Waals surface area contributed by atoms with Gasteiger partial charge in [-0.25, -0.2) is 12.8 Å². The first-order chi connectivity index (χ1) is 13.4. The smallest absolute Gasteiger partial charge is 0.261 e. The predicted octanol–water partition coefficient (Wildman–Crippen LogP) is 3.75. The van der Waals surface area contributed by atoms with Crippen LogP contribution in [0.2, 0.25) is 0 Å². The zero-order valence-corrected chi connectivity index (χ0v) is 15.2. The first-order valence-electron chi connectivity index (χ1n) is 8.07. The molecule has 0 aliphatic carbocycles. The van der Waals surface area contributed by atoms with Crippen LogP contribution in [0, 0.1) is 17.1 Å². The molecule has 0 aliphatic heterocycles. The van der Waals surface area contributed by atoms with Gasteiger partial charge in [-0.1, -0.05) is 12.1 Å². The standard InChI is InChI=1S/C20H14FN3O3S/c21-16-4-2-5-18(12-16)23-20(25)15-3-1-6-19(11-15)28(26,27)24-17-9-7-14(13-22)8-10-17/h1-12,24H,(H,23,25). The molecule has 0 atom stereocenters. The van der Waals surface area contributed by atoms with Gasteiger partial charge in [0.1, 0.15) is 5.82 Å². The van der Waals surface area contributed by atoms with Gasteiger partial charge in [-0.3, -0.25) is 9.52 Å². The predicted molar refractivity (Wildman–Crippen MR) is 103 cm³/mol. The van der Waals surface area contributed by atoms with Crippen molar-refractivity contribution in [2.75, 3.05) is 10.0 Å². The number of rotatable bonds is 5. The number of nitriles is 1. The number of benzene rings is 3. The Balaban J connectivity index is 1.81. The molecule has 0 bridgehead atoms. The summed E-state index contributed by atoms with van der Waals surface area (Å²) in [5, 5.41) is 11.3. The molecule has 0 saturated carbocycles. The molecule has 0 unspecified atom stereocenters. The van der Waals surface area contributed by atoms with Gasteiger partial charge in [0.05, 0.1) is 16.5 Å². The Hall–Kier alpha value is -3.70. The summed E-state index contributed by atoms with van der Waals surface area (Å²) in [6.45, 7) is 0. The second-order valence-corrected chi connectivity index (χ2v) is 7.47. The maximum Gasteiger partial charge on any atom is 0.261 e. The molecule has 0 heterocycles. The zero-order chi connectivity index (χ0) is 20.1. The number of hydrogen-bond acceptors (Lipinski definition) is 4. The van der Waals surface area contributed by atoms with E-state index in [2.05, 4.69) is 10.0 Å². The topological polar surface area (TPSA) is 99.1 Å². The van der Waals surface area contributed by atoms with Crippen LogP contribution in [0.25, 0.3) is 0 Å². The number of anilines is 2. The Bertz CT molecular complexity index is 1170. The van der Waals surface area contributed by atoms with Crippen molar-refractivity contribution >= 4 is 27.3 Å². The van der Waals surface area contributed by atoms with Crippen molar-refractivity contribution in [1.29, 1.82) is 5.26 Å². The van der Waals surface area contributed by atoms with E-state index in [1.54, 1.807) is 0 Å². The van der Waals surface area contributed by atoms with Crippen LogP contribution < -0.4 is 10.0 Å². The number of nitrogens with one attached hydrogen (secondary N) is 2. The quantitative estimate of drug-likeness (QED) is 0.687. The first-order valence-corrected chi connectivity index (χ1v) is 9.56. The second-order valence-electron chi connectivity index (χ2n) is 5.79. The van der Waals surface area contributed by atoms with E-state index in [4.69, 9.17) is 5.26 Å². The Morgan fingerprint density at radius 2 is 1.64 bits per heavy atom. The lowest BCUT2D eigenvalue weighted by atomic mass is 10.2. The summed E-state index contributed by atoms with van der Waals surface area (Å²) in [5.74, 6) is -1.07. The molecule has 6 nitrogen and oxygen atoms in total. The summed E-state index contributed by atoms with van der Waals surface area (Å²) in [5.41, 5.74) is 1.05. The van der Waals surface area contributed by atoms with E-state index in [0.29, 0.717) is 5.56 Å². The lowest BCUT2D eigenvalue weighted by Crippen LogP contribution is -2.16. The molecule has 0 fully saturated rings. The van der Waals surface area contributed by atoms with Gasteiger partial charge in [0, 0.05) is 16.9 Å². The minimum absolute atomic E-state index is 0.104. The van der Waals surface area contributed by atoms with Crippen molar-refractivity contribution in [3.63, 3.8) is 0 Å². The molecule has 0 aromatic heterocycles. The average Bonchev–Trinajstić information content (AvgIpc) is 2.68. The molecule has 28 heavy (non-hydrogen) atoms. The van der Waals surface area contributed by atoms with Crippen molar-refractivity contribution in [3.8, 4) is 6.07 Å². The van der Waals surface area contributed by atoms with Crippen molar-refractivity contribution in [1.82, 2.24) is 0 Å². The van der Waals surface area contributed by atoms with E-state index in [1.807, 2.05) is 6.07 Å². The average molecular weight is 395 g/mol. The molecule has 0 radical (unpaired) electrons. The summed E-state index contributed by atoms with van der Waals surface area (Å²) >= 11 is 0. The highest BCUT2D eigenvalue weighted by Gasteiger charge is 2.17. The lowest BCUT2D eigenvalue weighted by Gasteiger charge is -2.10. The normalized spacial score (nSPS) is 10.7. The second kappa shape index (κ2) is 7.90. The molecular weight excluding hydrogens is 381 g/mol. The Kier molecular flexibility index (Phi) is 5.38. The highest BCUT2D eigenvalue weighted by atomic mass is 32.2. The molecule has 3 aromatic rings. The third-order valence-corrected chi connectivity index (χ3v) is 5.13. The fourth-order valence-electron chi connectivity index (χ4n) is 2.40. The minimum Gasteiger partial charge on any atom is -0.322 e. The van der Waals surface area contributed by atoms with Crippen molar-refractivity contribution in [3.05, 3.63) is 89.7 Å². The van der Waals surface area contributed by atoms with Crippen molar-refractivity contribution in [2.24, 2.45) is 0 Å². The van der Waals surface area contributed by atoms with Gasteiger partial charge in [0.2, 0.25) is 0 Å². The van der Waals surface area contributed by atoms with Crippen LogP contribution in [0.3, 0.4) is 0 Å². The SMILES string of the molecule is N#Cc1ccc(NS(=O)(=O)c2cccc(C(=O)Nc3cccc(F)c3)c2)cc1. The zero-order valence-electron chi connectivity index (χ0n) is 14.4. The van der Waals surface area contributed by atoms with Crippen molar-refractivity contribution < 1.29 is 17.6 Å². The van der Waals surface area contributed by atoms with Gasteiger partial charge in [0.25, 0.3) is 15.9 Å². The van der Waals surface area contributed by atoms with E-state index in [0.717, 1.165) is 6.07 Å². The van der Waals surface area contributed by atoms with E-state index >= 15 is 0 Å². The fourth-order valence-corrected chi connectivity index (χ4v) is 3.50. The lowest BCUT2D eigenvalue weighted by molar-refractivity contribution is 0.102. The van der Waals surface area contributed by atoms with Crippen molar-refractivity contribution in [2.45, 2.75) is 4.90 Å². The summed E-state index contributed by atoms with van der Waals surface area (Å²) in [7, 11) is -3.94. The maximum absolute atomic E-state index is 13.2. The molecule has 1 amide bonds. The summed E-state index contributed by atoms with van der Waals surface area (Å²) in [6, 6.07) is 18.7. The summed E-state index contributed by atoms with van der Waals surface area (Å²) < 4.78 is 40.8. The molecule has 3 rings (SSSR count). The highest BCUT2D eigenvalue weighted by Crippen LogP contribution is 2.19. The number of sulfonamides is 1. The van der Waals surface area contributed by atoms with Gasteiger partial charge in [-0.2, -0.15) is 5.26 Å². The molecule has 0 aliphatic rings. The molecule has 0 saturated heterocycles. The summed E-state index contributed by atoms with van der Waals surface area (Å²) in [4.78, 5) is 12.2. The molecule has 2 N–H and O–H groups in total. The Labute approximate surface area is 161 Å². The molecule has 3 aromatic carbocycles. The van der Waals surface area contributed by atoms with Crippen LogP contribution in [-0.2, 0) is 10.0 Å². The Morgan fingerprint density at radius 1 is 0.929 bits per heavy atom. The summed E-state index contributed by atoms with van der Waals surface area (Å²) in [6.07, 6.45) is 0. The number of halogens is 1. The van der Waals surface area contributed by atoms with E-state index in [9.17, 15) is 17.6 Å². The molecule has 140 valence electrons. The van der Waals surface area contributed by atoms with Gasteiger partial charge in [0.15, 0.2) is 0 Å². The van der Waals surface area contributed by atoms with Crippen LogP contribution in [0.5, 0.6) is 0 Å². The fraction of sp³-hybridized carbons (Fsp3) is 0. The van der Waals surface area contributed by atoms with Gasteiger partial charge in [-0.05, 0) is 60.7 Å². The minimum atomic E-state index is -3.94. The third-order valence-electron chi connectivity index (χ3n) is 3.76. The van der Waals surface area contributed by atoms with Gasteiger partial charge in [-0.15, -0.1) is 0 Å². The monoisotopic (exact) mass is 395 g/mol. The Morgan fingerprint density at radius 3 is 2.32 bits per heavy atom. The number of carbonyl (C=O) groups excluding carboxylic acids is 1. The molecule has 0 spiro atoms. The highest BCUT2D eigenvalue weighted by molar-refractivity contribution is 7.92. The number of hydrogen-bond donors (Lipinski definition) is 2. The van der Waals surface area contributed by atoms with E-state index < -0.39 is 21.7 Å². The molecular formula is C20H14FN3O3S. The van der Waals surface area contributed by atoms with Gasteiger partial charge >= 0.3 is 0 Å². The van der Waals surface area contributed by atoms with E-state index in [1.165, 1.54) is 66.7 Å². The van der Waals surface area contributed by atoms with Crippen LogP contribution in [0.15, 0.2) is 77.7 Å². The van der Waals surface area contributed by atoms with E-state index in [-0.39, 0.29) is 21.8 Å². The number of carbonyl (C=O) groups is 1. The van der Waals surface area contributed by atoms with Crippen LogP contribution in [0.4, 0.5) is 15.8 Å². The van der Waals surface area contributed by atoms with Crippen LogP contribution in [-0.4, -0.2) is 14.3 Å². The maximum atomic E-state index is 13.2. The first kappa shape index (κ1) is 19.1. The van der Waals surface area contributed by atoms with Gasteiger partial charge < -0.3 is 5.32 Å². The third kappa shape index (κ3) is 4.52.